The molecule has 0 saturated carbocycles. The van der Waals surface area contributed by atoms with Crippen molar-refractivity contribution in [1.29, 1.82) is 0 Å². The molecule has 1 aromatic rings. The molecule has 3 atom stereocenters. The van der Waals surface area contributed by atoms with E-state index in [2.05, 4.69) is 10.6 Å². The molecule has 0 bridgehead atoms. The van der Waals surface area contributed by atoms with Gasteiger partial charge in [0.2, 0.25) is 17.7 Å². The second kappa shape index (κ2) is 10.2. The fraction of sp³-hybridized carbons (Fsp3) is 0.526. The summed E-state index contributed by atoms with van der Waals surface area (Å²) in [4.78, 5) is 38.2. The lowest BCUT2D eigenvalue weighted by Gasteiger charge is -2.34. The Balaban J connectivity index is 1.39. The molecule has 3 unspecified atom stereocenters. The summed E-state index contributed by atoms with van der Waals surface area (Å²) < 4.78 is 5.11. The number of rotatable bonds is 7. The van der Waals surface area contributed by atoms with Gasteiger partial charge in [-0.25, -0.2) is 0 Å². The number of hydrogen-bond acceptors (Lipinski definition) is 8. The SMILES string of the molecule is NC1CC(N)CN(C(=O)CCC(N)C(=O)NCC(=O)Nc2ccc3c(c2)B(O)OC3)C1. The van der Waals surface area contributed by atoms with Gasteiger partial charge in [0, 0.05) is 37.3 Å². The largest absolute Gasteiger partial charge is 0.491 e. The highest BCUT2D eigenvalue weighted by Gasteiger charge is 2.28. The summed E-state index contributed by atoms with van der Waals surface area (Å²) in [5, 5.41) is 14.8. The molecule has 3 amide bonds. The average molecular weight is 432 g/mol. The van der Waals surface area contributed by atoms with E-state index in [9.17, 15) is 19.4 Å². The van der Waals surface area contributed by atoms with Crippen molar-refractivity contribution in [2.45, 2.75) is 44.0 Å². The fourth-order valence-electron chi connectivity index (χ4n) is 3.75. The maximum absolute atomic E-state index is 12.3. The molecule has 2 aliphatic rings. The van der Waals surface area contributed by atoms with Gasteiger partial charge in [-0.3, -0.25) is 14.4 Å². The topological polar surface area (TPSA) is 186 Å². The van der Waals surface area contributed by atoms with Crippen molar-refractivity contribution in [3.63, 3.8) is 0 Å². The molecule has 9 N–H and O–H groups in total. The van der Waals surface area contributed by atoms with Gasteiger partial charge < -0.3 is 42.4 Å². The first-order valence-corrected chi connectivity index (χ1v) is 10.3. The Hall–Kier alpha value is -2.51. The van der Waals surface area contributed by atoms with E-state index in [0.29, 0.717) is 37.3 Å². The standard InChI is InChI=1S/C19H29BN6O5/c21-12-5-13(22)9-26(8-12)18(28)4-3-16(23)19(29)24-7-17(27)25-14-2-1-11-10-31-20(30)15(11)6-14/h1-2,6,12-13,16,30H,3-5,7-10,21-23H2,(H,24,29)(H,25,27). The number of benzene rings is 1. The molecule has 1 fully saturated rings. The van der Waals surface area contributed by atoms with Crippen molar-refractivity contribution in [1.82, 2.24) is 10.2 Å². The van der Waals surface area contributed by atoms with E-state index in [0.717, 1.165) is 5.56 Å². The minimum atomic E-state index is -1.01. The highest BCUT2D eigenvalue weighted by atomic mass is 16.5. The van der Waals surface area contributed by atoms with Crippen molar-refractivity contribution in [3.8, 4) is 0 Å². The molecule has 0 radical (unpaired) electrons. The molecule has 1 saturated heterocycles. The molecule has 12 heteroatoms. The van der Waals surface area contributed by atoms with Gasteiger partial charge in [0.15, 0.2) is 0 Å². The summed E-state index contributed by atoms with van der Waals surface area (Å²) in [6.45, 7) is 0.935. The predicted octanol–water partition coefficient (Wildman–Crippen LogP) is -3.05. The highest BCUT2D eigenvalue weighted by Crippen LogP contribution is 2.14. The van der Waals surface area contributed by atoms with Gasteiger partial charge in [0.1, 0.15) is 0 Å². The van der Waals surface area contributed by atoms with Crippen LogP contribution < -0.4 is 33.3 Å². The molecule has 0 aromatic heterocycles. The van der Waals surface area contributed by atoms with Crippen molar-refractivity contribution in [2.75, 3.05) is 25.0 Å². The number of nitrogens with zero attached hydrogens (tertiary/aromatic N) is 1. The monoisotopic (exact) mass is 432 g/mol. The number of likely N-dealkylation sites (tertiary alicyclic amines) is 1. The molecule has 0 aliphatic carbocycles. The summed E-state index contributed by atoms with van der Waals surface area (Å²) in [7, 11) is -1.01. The first-order chi connectivity index (χ1) is 14.7. The number of anilines is 1. The second-order valence-electron chi connectivity index (χ2n) is 8.04. The zero-order valence-electron chi connectivity index (χ0n) is 17.3. The lowest BCUT2D eigenvalue weighted by Crippen LogP contribution is -2.54. The van der Waals surface area contributed by atoms with Crippen LogP contribution in [-0.4, -0.2) is 72.5 Å². The molecule has 1 aromatic carbocycles. The van der Waals surface area contributed by atoms with Crippen LogP contribution in [0.15, 0.2) is 18.2 Å². The van der Waals surface area contributed by atoms with Gasteiger partial charge in [-0.1, -0.05) is 6.07 Å². The van der Waals surface area contributed by atoms with Crippen molar-refractivity contribution >= 4 is 36.0 Å². The normalized spacial score (nSPS) is 21.4. The van der Waals surface area contributed by atoms with Gasteiger partial charge in [0.05, 0.1) is 19.2 Å². The van der Waals surface area contributed by atoms with Crippen LogP contribution in [0.4, 0.5) is 5.69 Å². The molecule has 3 rings (SSSR count). The van der Waals surface area contributed by atoms with Crippen LogP contribution in [0.2, 0.25) is 0 Å². The number of nitrogens with two attached hydrogens (primary N) is 3. The minimum Gasteiger partial charge on any atom is -0.423 e. The molecule has 2 heterocycles. The molecular formula is C19H29BN6O5. The third kappa shape index (κ3) is 6.25. The maximum Gasteiger partial charge on any atom is 0.491 e. The molecular weight excluding hydrogens is 403 g/mol. The molecule has 2 aliphatic heterocycles. The number of amides is 3. The third-order valence-electron chi connectivity index (χ3n) is 5.39. The summed E-state index contributed by atoms with van der Waals surface area (Å²) in [6, 6.07) is 3.86. The highest BCUT2D eigenvalue weighted by molar-refractivity contribution is 6.61. The average Bonchev–Trinajstić information content (AvgIpc) is 3.09. The van der Waals surface area contributed by atoms with Crippen LogP contribution in [0.25, 0.3) is 0 Å². The minimum absolute atomic E-state index is 0.0970. The Morgan fingerprint density at radius 1 is 1.26 bits per heavy atom. The Bertz CT molecular complexity index is 830. The van der Waals surface area contributed by atoms with Gasteiger partial charge in [-0.15, -0.1) is 0 Å². The van der Waals surface area contributed by atoms with Crippen LogP contribution in [0.3, 0.4) is 0 Å². The van der Waals surface area contributed by atoms with Crippen LogP contribution in [-0.2, 0) is 25.6 Å². The van der Waals surface area contributed by atoms with Crippen LogP contribution >= 0.6 is 0 Å². The van der Waals surface area contributed by atoms with Crippen molar-refractivity contribution in [2.24, 2.45) is 17.2 Å². The zero-order chi connectivity index (χ0) is 22.5. The van der Waals surface area contributed by atoms with Gasteiger partial charge in [0.25, 0.3) is 0 Å². The first-order valence-electron chi connectivity index (χ1n) is 10.3. The number of carbonyl (C=O) groups excluding carboxylic acids is 3. The van der Waals surface area contributed by atoms with E-state index >= 15 is 0 Å². The summed E-state index contributed by atoms with van der Waals surface area (Å²) >= 11 is 0. The van der Waals surface area contributed by atoms with E-state index in [1.54, 1.807) is 23.1 Å². The summed E-state index contributed by atoms with van der Waals surface area (Å²) in [5.41, 5.74) is 19.6. The van der Waals surface area contributed by atoms with Gasteiger partial charge >= 0.3 is 7.12 Å². The van der Waals surface area contributed by atoms with E-state index in [4.69, 9.17) is 21.9 Å². The van der Waals surface area contributed by atoms with Crippen LogP contribution in [0.5, 0.6) is 0 Å². The summed E-state index contributed by atoms with van der Waals surface area (Å²) in [6.07, 6.45) is 0.920. The predicted molar refractivity (Wildman–Crippen MR) is 115 cm³/mol. The quantitative estimate of drug-likeness (QED) is 0.245. The Morgan fingerprint density at radius 3 is 2.68 bits per heavy atom. The smallest absolute Gasteiger partial charge is 0.423 e. The fourth-order valence-corrected chi connectivity index (χ4v) is 3.75. The molecule has 0 spiro atoms. The van der Waals surface area contributed by atoms with Crippen molar-refractivity contribution in [3.05, 3.63) is 23.8 Å². The van der Waals surface area contributed by atoms with Gasteiger partial charge in [-0.2, -0.15) is 0 Å². The Labute approximate surface area is 180 Å². The van der Waals surface area contributed by atoms with Crippen molar-refractivity contribution < 1.29 is 24.1 Å². The van der Waals surface area contributed by atoms with E-state index in [1.807, 2.05) is 0 Å². The Kier molecular flexibility index (Phi) is 7.62. The lowest BCUT2D eigenvalue weighted by molar-refractivity contribution is -0.133. The maximum atomic E-state index is 12.3. The third-order valence-corrected chi connectivity index (χ3v) is 5.39. The zero-order valence-corrected chi connectivity index (χ0v) is 17.3. The molecule has 11 nitrogen and oxygen atoms in total. The summed E-state index contributed by atoms with van der Waals surface area (Å²) in [5.74, 6) is -1.11. The number of carbonyl (C=O) groups is 3. The van der Waals surface area contributed by atoms with E-state index < -0.39 is 25.0 Å². The number of hydrogen-bond donors (Lipinski definition) is 6. The lowest BCUT2D eigenvalue weighted by atomic mass is 9.79. The number of fused-ring (bicyclic) bond motifs is 1. The first kappa shape index (κ1) is 23.2. The molecule has 31 heavy (non-hydrogen) atoms. The number of piperidine rings is 1. The Morgan fingerprint density at radius 2 is 1.97 bits per heavy atom. The van der Waals surface area contributed by atoms with Crippen LogP contribution in [0, 0.1) is 0 Å². The van der Waals surface area contributed by atoms with Crippen LogP contribution in [0.1, 0.15) is 24.8 Å². The van der Waals surface area contributed by atoms with Gasteiger partial charge in [-0.05, 0) is 36.0 Å². The second-order valence-corrected chi connectivity index (χ2v) is 8.04. The molecule has 168 valence electrons. The number of nitrogens with one attached hydrogen (secondary N) is 2. The van der Waals surface area contributed by atoms with E-state index in [1.165, 1.54) is 0 Å². The van der Waals surface area contributed by atoms with E-state index in [-0.39, 0.29) is 37.4 Å².